The summed E-state index contributed by atoms with van der Waals surface area (Å²) in [6.45, 7) is 7.37. The van der Waals surface area contributed by atoms with E-state index >= 15 is 0 Å². The SMILES string of the molecule is CCOc1cc(N2CCOCC2)c(OCC)cc1NC(=O)COc1ccc(CC(N)=O)cc1. The Labute approximate surface area is 193 Å². The lowest BCUT2D eigenvalue weighted by molar-refractivity contribution is -0.118. The Balaban J connectivity index is 1.70. The van der Waals surface area contributed by atoms with E-state index in [1.165, 1.54) is 0 Å². The van der Waals surface area contributed by atoms with E-state index in [4.69, 9.17) is 24.7 Å². The van der Waals surface area contributed by atoms with Gasteiger partial charge in [0.15, 0.2) is 6.61 Å². The van der Waals surface area contributed by atoms with Crippen LogP contribution < -0.4 is 30.2 Å². The third-order valence-electron chi connectivity index (χ3n) is 4.96. The van der Waals surface area contributed by atoms with E-state index in [1.54, 1.807) is 30.3 Å². The van der Waals surface area contributed by atoms with Crippen molar-refractivity contribution in [3.63, 3.8) is 0 Å². The number of hydrogen-bond donors (Lipinski definition) is 2. The molecule has 178 valence electrons. The predicted octanol–water partition coefficient (Wildman–Crippen LogP) is 2.37. The molecular formula is C24H31N3O6. The number of primary amides is 1. The van der Waals surface area contributed by atoms with Crippen molar-refractivity contribution in [2.24, 2.45) is 5.73 Å². The highest BCUT2D eigenvalue weighted by Gasteiger charge is 2.20. The van der Waals surface area contributed by atoms with Gasteiger partial charge in [0.05, 0.1) is 44.2 Å². The Morgan fingerprint density at radius 1 is 1.00 bits per heavy atom. The predicted molar refractivity (Wildman–Crippen MR) is 125 cm³/mol. The lowest BCUT2D eigenvalue weighted by Crippen LogP contribution is -2.36. The number of carbonyl (C=O) groups excluding carboxylic acids is 2. The third-order valence-corrected chi connectivity index (χ3v) is 4.96. The minimum Gasteiger partial charge on any atom is -0.492 e. The van der Waals surface area contributed by atoms with Gasteiger partial charge in [0, 0.05) is 25.2 Å². The minimum absolute atomic E-state index is 0.156. The summed E-state index contributed by atoms with van der Waals surface area (Å²) in [7, 11) is 0. The first-order chi connectivity index (χ1) is 16.0. The molecule has 0 atom stereocenters. The smallest absolute Gasteiger partial charge is 0.262 e. The molecule has 9 heteroatoms. The number of amides is 2. The van der Waals surface area contributed by atoms with Gasteiger partial charge in [-0.1, -0.05) is 12.1 Å². The van der Waals surface area contributed by atoms with Crippen LogP contribution in [0.3, 0.4) is 0 Å². The largest absolute Gasteiger partial charge is 0.492 e. The zero-order valence-electron chi connectivity index (χ0n) is 19.1. The van der Waals surface area contributed by atoms with E-state index in [2.05, 4.69) is 10.2 Å². The highest BCUT2D eigenvalue weighted by molar-refractivity contribution is 5.94. The number of carbonyl (C=O) groups is 2. The van der Waals surface area contributed by atoms with Gasteiger partial charge in [0.1, 0.15) is 17.2 Å². The molecule has 3 N–H and O–H groups in total. The van der Waals surface area contributed by atoms with Crippen molar-refractivity contribution in [1.29, 1.82) is 0 Å². The quantitative estimate of drug-likeness (QED) is 0.533. The number of nitrogens with zero attached hydrogens (tertiary/aromatic N) is 1. The number of nitrogens with one attached hydrogen (secondary N) is 1. The van der Waals surface area contributed by atoms with Crippen molar-refractivity contribution >= 4 is 23.2 Å². The van der Waals surface area contributed by atoms with Crippen molar-refractivity contribution in [3.05, 3.63) is 42.0 Å². The van der Waals surface area contributed by atoms with E-state index in [0.717, 1.165) is 24.3 Å². The van der Waals surface area contributed by atoms with Crippen LogP contribution in [0, 0.1) is 0 Å². The molecule has 2 amide bonds. The summed E-state index contributed by atoms with van der Waals surface area (Å²) in [5.41, 5.74) is 7.41. The number of nitrogens with two attached hydrogens (primary N) is 1. The summed E-state index contributed by atoms with van der Waals surface area (Å²) in [6.07, 6.45) is 0.156. The van der Waals surface area contributed by atoms with Gasteiger partial charge in [-0.15, -0.1) is 0 Å². The summed E-state index contributed by atoms with van der Waals surface area (Å²) < 4.78 is 22.7. The zero-order chi connectivity index (χ0) is 23.6. The first-order valence-corrected chi connectivity index (χ1v) is 11.1. The van der Waals surface area contributed by atoms with Crippen LogP contribution in [-0.4, -0.2) is 57.9 Å². The molecule has 1 saturated heterocycles. The molecule has 9 nitrogen and oxygen atoms in total. The third kappa shape index (κ3) is 7.01. The number of hydrogen-bond acceptors (Lipinski definition) is 7. The molecule has 0 aromatic heterocycles. The van der Waals surface area contributed by atoms with E-state index in [-0.39, 0.29) is 18.9 Å². The normalized spacial score (nSPS) is 13.3. The molecule has 0 bridgehead atoms. The van der Waals surface area contributed by atoms with Crippen LogP contribution in [0.2, 0.25) is 0 Å². The number of rotatable bonds is 11. The summed E-state index contributed by atoms with van der Waals surface area (Å²) in [5.74, 6) is 1.01. The van der Waals surface area contributed by atoms with Gasteiger partial charge < -0.3 is 34.9 Å². The average molecular weight is 458 g/mol. The Hall–Kier alpha value is -3.46. The molecule has 1 fully saturated rings. The van der Waals surface area contributed by atoms with Crippen LogP contribution in [0.1, 0.15) is 19.4 Å². The average Bonchev–Trinajstić information content (AvgIpc) is 2.80. The standard InChI is InChI=1S/C24H31N3O6/c1-3-31-21-15-20(27-9-11-30-12-10-27)22(32-4-2)14-19(21)26-24(29)16-33-18-7-5-17(6-8-18)13-23(25)28/h5-8,14-15H,3-4,9-13,16H2,1-2H3,(H2,25,28)(H,26,29). The fourth-order valence-electron chi connectivity index (χ4n) is 3.48. The van der Waals surface area contributed by atoms with E-state index < -0.39 is 5.91 Å². The van der Waals surface area contributed by atoms with Crippen LogP contribution in [0.5, 0.6) is 17.2 Å². The summed E-state index contributed by atoms with van der Waals surface area (Å²) in [4.78, 5) is 25.8. The van der Waals surface area contributed by atoms with Crippen molar-refractivity contribution < 1.29 is 28.5 Å². The van der Waals surface area contributed by atoms with Gasteiger partial charge >= 0.3 is 0 Å². The van der Waals surface area contributed by atoms with Crippen LogP contribution >= 0.6 is 0 Å². The highest BCUT2D eigenvalue weighted by Crippen LogP contribution is 2.39. The van der Waals surface area contributed by atoms with Gasteiger partial charge in [-0.05, 0) is 31.5 Å². The van der Waals surface area contributed by atoms with Gasteiger partial charge in [-0.3, -0.25) is 9.59 Å². The van der Waals surface area contributed by atoms with E-state index in [0.29, 0.717) is 49.4 Å². The molecule has 2 aromatic rings. The molecule has 1 heterocycles. The first kappa shape index (κ1) is 24.2. The first-order valence-electron chi connectivity index (χ1n) is 11.1. The molecule has 0 saturated carbocycles. The molecule has 3 rings (SSSR count). The van der Waals surface area contributed by atoms with Crippen LogP contribution in [0.15, 0.2) is 36.4 Å². The monoisotopic (exact) mass is 457 g/mol. The van der Waals surface area contributed by atoms with Crippen LogP contribution in [0.25, 0.3) is 0 Å². The Bertz CT molecular complexity index is 942. The van der Waals surface area contributed by atoms with Crippen molar-refractivity contribution in [2.45, 2.75) is 20.3 Å². The van der Waals surface area contributed by atoms with Crippen molar-refractivity contribution in [1.82, 2.24) is 0 Å². The molecule has 0 unspecified atom stereocenters. The van der Waals surface area contributed by atoms with Crippen LogP contribution in [-0.2, 0) is 20.7 Å². The summed E-state index contributed by atoms with van der Waals surface area (Å²) in [5, 5.41) is 2.86. The second-order valence-corrected chi connectivity index (χ2v) is 7.41. The van der Waals surface area contributed by atoms with Gasteiger partial charge in [0.2, 0.25) is 5.91 Å². The molecule has 33 heavy (non-hydrogen) atoms. The number of ether oxygens (including phenoxy) is 4. The lowest BCUT2D eigenvalue weighted by Gasteiger charge is -2.31. The Morgan fingerprint density at radius 3 is 2.30 bits per heavy atom. The highest BCUT2D eigenvalue weighted by atomic mass is 16.5. The molecule has 1 aliphatic heterocycles. The van der Waals surface area contributed by atoms with Crippen molar-refractivity contribution in [2.75, 3.05) is 56.3 Å². The van der Waals surface area contributed by atoms with Gasteiger partial charge in [-0.2, -0.15) is 0 Å². The molecule has 0 spiro atoms. The second-order valence-electron chi connectivity index (χ2n) is 7.41. The minimum atomic E-state index is -0.404. The van der Waals surface area contributed by atoms with Crippen molar-refractivity contribution in [3.8, 4) is 17.2 Å². The van der Waals surface area contributed by atoms with E-state index in [9.17, 15) is 9.59 Å². The molecule has 2 aromatic carbocycles. The number of anilines is 2. The number of benzene rings is 2. The number of morpholine rings is 1. The fourth-order valence-corrected chi connectivity index (χ4v) is 3.48. The van der Waals surface area contributed by atoms with Crippen LogP contribution in [0.4, 0.5) is 11.4 Å². The Morgan fingerprint density at radius 2 is 1.67 bits per heavy atom. The summed E-state index contributed by atoms with van der Waals surface area (Å²) >= 11 is 0. The maximum Gasteiger partial charge on any atom is 0.262 e. The second kappa shape index (κ2) is 12.0. The molecular weight excluding hydrogens is 426 g/mol. The maximum atomic E-state index is 12.6. The summed E-state index contributed by atoms with van der Waals surface area (Å²) in [6, 6.07) is 10.6. The van der Waals surface area contributed by atoms with Gasteiger partial charge in [0.25, 0.3) is 5.91 Å². The topological polar surface area (TPSA) is 112 Å². The fraction of sp³-hybridized carbons (Fsp3) is 0.417. The maximum absolute atomic E-state index is 12.6. The zero-order valence-corrected chi connectivity index (χ0v) is 19.1. The molecule has 0 aliphatic carbocycles. The molecule has 0 radical (unpaired) electrons. The Kier molecular flexibility index (Phi) is 8.77. The molecule has 1 aliphatic rings. The lowest BCUT2D eigenvalue weighted by atomic mass is 10.1. The van der Waals surface area contributed by atoms with Gasteiger partial charge in [-0.25, -0.2) is 0 Å². The van der Waals surface area contributed by atoms with E-state index in [1.807, 2.05) is 19.9 Å².